The first kappa shape index (κ1) is 11.8. The lowest BCUT2D eigenvalue weighted by Gasteiger charge is -2.18. The number of carbonyl (C=O) groups is 1. The molecule has 1 aliphatic carbocycles. The van der Waals surface area contributed by atoms with Crippen LogP contribution in [0.2, 0.25) is 0 Å². The highest BCUT2D eigenvalue weighted by Gasteiger charge is 2.14. The molecule has 3 heteroatoms. The van der Waals surface area contributed by atoms with E-state index in [9.17, 15) is 4.79 Å². The molecule has 0 unspecified atom stereocenters. The van der Waals surface area contributed by atoms with E-state index in [2.05, 4.69) is 17.2 Å². The molecule has 0 aromatic heterocycles. The van der Waals surface area contributed by atoms with E-state index in [1.54, 1.807) is 0 Å². The van der Waals surface area contributed by atoms with Crippen LogP contribution < -0.4 is 0 Å². The topological polar surface area (TPSA) is 32.7 Å². The molecule has 0 N–H and O–H groups in total. The van der Waals surface area contributed by atoms with Crippen molar-refractivity contribution >= 4 is 11.5 Å². The van der Waals surface area contributed by atoms with Gasteiger partial charge in [-0.3, -0.25) is 9.80 Å². The van der Waals surface area contributed by atoms with Crippen molar-refractivity contribution in [3.05, 3.63) is 35.9 Å². The number of benzene rings is 1. The van der Waals surface area contributed by atoms with Crippen LogP contribution in [-0.2, 0) is 11.3 Å². The number of hydrazone groups is 1. The van der Waals surface area contributed by atoms with Crippen molar-refractivity contribution in [3.8, 4) is 0 Å². The van der Waals surface area contributed by atoms with E-state index in [0.717, 1.165) is 31.5 Å². The van der Waals surface area contributed by atoms with E-state index in [0.29, 0.717) is 12.2 Å². The van der Waals surface area contributed by atoms with E-state index in [-0.39, 0.29) is 0 Å². The Morgan fingerprint density at radius 2 is 2.00 bits per heavy atom. The van der Waals surface area contributed by atoms with Crippen LogP contribution >= 0.6 is 0 Å². The summed E-state index contributed by atoms with van der Waals surface area (Å²) in [6.07, 6.45) is 3.18. The molecule has 1 aromatic rings. The highest BCUT2D eigenvalue weighted by atomic mass is 16.1. The second-order valence-corrected chi connectivity index (χ2v) is 4.54. The summed E-state index contributed by atoms with van der Waals surface area (Å²) in [5.41, 5.74) is 2.26. The zero-order chi connectivity index (χ0) is 12.1. The van der Waals surface area contributed by atoms with Crippen molar-refractivity contribution in [1.82, 2.24) is 5.01 Å². The van der Waals surface area contributed by atoms with E-state index in [1.165, 1.54) is 5.56 Å². The normalized spacial score (nSPS) is 18.4. The van der Waals surface area contributed by atoms with Crippen molar-refractivity contribution < 1.29 is 4.79 Å². The first-order chi connectivity index (χ1) is 8.24. The molecule has 0 heterocycles. The Balaban J connectivity index is 1.94. The standard InChI is InChI=1S/C14H18N2O/c1-16(11-12-6-3-2-4-7-12)15-13-8-5-9-14(17)10-13/h2-4,6-7H,5,8-11H2,1H3/b15-13-. The lowest BCUT2D eigenvalue weighted by atomic mass is 9.97. The Hall–Kier alpha value is -1.64. The molecule has 17 heavy (non-hydrogen) atoms. The monoisotopic (exact) mass is 230 g/mol. The van der Waals surface area contributed by atoms with Crippen molar-refractivity contribution in [2.24, 2.45) is 5.10 Å². The van der Waals surface area contributed by atoms with Gasteiger partial charge in [-0.2, -0.15) is 5.10 Å². The van der Waals surface area contributed by atoms with E-state index in [1.807, 2.05) is 30.3 Å². The smallest absolute Gasteiger partial charge is 0.138 e. The molecule has 1 aliphatic rings. The molecule has 0 saturated heterocycles. The molecular formula is C14H18N2O. The third kappa shape index (κ3) is 3.70. The van der Waals surface area contributed by atoms with Gasteiger partial charge in [0.05, 0.1) is 6.54 Å². The third-order valence-corrected chi connectivity index (χ3v) is 2.89. The molecule has 2 rings (SSSR count). The molecular weight excluding hydrogens is 212 g/mol. The van der Waals surface area contributed by atoms with E-state index < -0.39 is 0 Å². The van der Waals surface area contributed by atoms with Gasteiger partial charge in [0, 0.05) is 25.6 Å². The van der Waals surface area contributed by atoms with Crippen molar-refractivity contribution in [1.29, 1.82) is 0 Å². The van der Waals surface area contributed by atoms with E-state index in [4.69, 9.17) is 0 Å². The molecule has 0 aliphatic heterocycles. The minimum atomic E-state index is 0.322. The summed E-state index contributed by atoms with van der Waals surface area (Å²) in [4.78, 5) is 11.3. The van der Waals surface area contributed by atoms with Gasteiger partial charge in [-0.05, 0) is 18.4 Å². The summed E-state index contributed by atoms with van der Waals surface area (Å²) in [7, 11) is 1.96. The van der Waals surface area contributed by atoms with Crippen LogP contribution in [0.4, 0.5) is 0 Å². The first-order valence-corrected chi connectivity index (χ1v) is 6.07. The van der Waals surface area contributed by atoms with Gasteiger partial charge in [0.15, 0.2) is 0 Å². The fourth-order valence-corrected chi connectivity index (χ4v) is 2.10. The van der Waals surface area contributed by atoms with Gasteiger partial charge in [-0.15, -0.1) is 0 Å². The minimum Gasteiger partial charge on any atom is -0.299 e. The average Bonchev–Trinajstić information content (AvgIpc) is 2.30. The van der Waals surface area contributed by atoms with Gasteiger partial charge < -0.3 is 0 Å². The molecule has 90 valence electrons. The van der Waals surface area contributed by atoms with Crippen LogP contribution in [0.5, 0.6) is 0 Å². The van der Waals surface area contributed by atoms with Crippen molar-refractivity contribution in [2.45, 2.75) is 32.2 Å². The molecule has 1 aromatic carbocycles. The number of ketones is 1. The summed E-state index contributed by atoms with van der Waals surface area (Å²) >= 11 is 0. The Morgan fingerprint density at radius 3 is 2.71 bits per heavy atom. The Bertz CT molecular complexity index is 411. The fourth-order valence-electron chi connectivity index (χ4n) is 2.10. The van der Waals surface area contributed by atoms with Crippen LogP contribution in [0, 0.1) is 0 Å². The van der Waals surface area contributed by atoms with Gasteiger partial charge in [-0.1, -0.05) is 30.3 Å². The largest absolute Gasteiger partial charge is 0.299 e. The molecule has 0 bridgehead atoms. The number of hydrogen-bond acceptors (Lipinski definition) is 3. The zero-order valence-electron chi connectivity index (χ0n) is 10.2. The third-order valence-electron chi connectivity index (χ3n) is 2.89. The molecule has 3 nitrogen and oxygen atoms in total. The van der Waals surface area contributed by atoms with Crippen LogP contribution in [0.15, 0.2) is 35.4 Å². The maximum absolute atomic E-state index is 11.3. The molecule has 0 amide bonds. The van der Waals surface area contributed by atoms with Crippen LogP contribution in [0.25, 0.3) is 0 Å². The zero-order valence-corrected chi connectivity index (χ0v) is 10.2. The Labute approximate surface area is 102 Å². The summed E-state index contributed by atoms with van der Waals surface area (Å²) < 4.78 is 0. The number of nitrogens with zero attached hydrogens (tertiary/aromatic N) is 2. The van der Waals surface area contributed by atoms with Crippen molar-refractivity contribution in [3.63, 3.8) is 0 Å². The maximum atomic E-state index is 11.3. The van der Waals surface area contributed by atoms with Gasteiger partial charge >= 0.3 is 0 Å². The van der Waals surface area contributed by atoms with Gasteiger partial charge in [0.2, 0.25) is 0 Å². The quantitative estimate of drug-likeness (QED) is 0.748. The van der Waals surface area contributed by atoms with Gasteiger partial charge in [-0.25, -0.2) is 0 Å². The summed E-state index contributed by atoms with van der Waals surface area (Å²) in [6.45, 7) is 0.790. The highest BCUT2D eigenvalue weighted by Crippen LogP contribution is 2.13. The van der Waals surface area contributed by atoms with Gasteiger partial charge in [0.1, 0.15) is 5.78 Å². The Kier molecular flexibility index (Phi) is 3.91. The van der Waals surface area contributed by atoms with E-state index >= 15 is 0 Å². The highest BCUT2D eigenvalue weighted by molar-refractivity contribution is 6.03. The second kappa shape index (κ2) is 5.62. The van der Waals surface area contributed by atoms with Crippen LogP contribution in [-0.4, -0.2) is 23.6 Å². The number of carbonyl (C=O) groups excluding carboxylic acids is 1. The summed E-state index contributed by atoms with van der Waals surface area (Å²) in [5, 5.41) is 6.43. The molecule has 1 saturated carbocycles. The second-order valence-electron chi connectivity index (χ2n) is 4.54. The SMILES string of the molecule is CN(Cc1ccccc1)/N=C1/CCCC(=O)C1. The summed E-state index contributed by atoms with van der Waals surface area (Å²) in [5.74, 6) is 0.322. The summed E-state index contributed by atoms with van der Waals surface area (Å²) in [6, 6.07) is 10.2. The molecule has 1 fully saturated rings. The van der Waals surface area contributed by atoms with Gasteiger partial charge in [0.25, 0.3) is 0 Å². The maximum Gasteiger partial charge on any atom is 0.138 e. The predicted octanol–water partition coefficient (Wildman–Crippen LogP) is 2.62. The Morgan fingerprint density at radius 1 is 1.24 bits per heavy atom. The predicted molar refractivity (Wildman–Crippen MR) is 68.8 cm³/mol. The lowest BCUT2D eigenvalue weighted by Crippen LogP contribution is -2.19. The lowest BCUT2D eigenvalue weighted by molar-refractivity contribution is -0.118. The van der Waals surface area contributed by atoms with Crippen molar-refractivity contribution in [2.75, 3.05) is 7.05 Å². The average molecular weight is 230 g/mol. The van der Waals surface area contributed by atoms with Crippen LogP contribution in [0.1, 0.15) is 31.2 Å². The molecule has 0 atom stereocenters. The first-order valence-electron chi connectivity index (χ1n) is 6.07. The molecule has 0 radical (unpaired) electrons. The number of hydrogen-bond donors (Lipinski definition) is 0. The number of rotatable bonds is 3. The van der Waals surface area contributed by atoms with Crippen LogP contribution in [0.3, 0.4) is 0 Å². The fraction of sp³-hybridized carbons (Fsp3) is 0.429. The number of Topliss-reactive ketones (excluding diaryl/α,β-unsaturated/α-hetero) is 1. The molecule has 0 spiro atoms. The minimum absolute atomic E-state index is 0.322.